The normalized spacial score (nSPS) is 31.9. The fourth-order valence-corrected chi connectivity index (χ4v) is 1.48. The van der Waals surface area contributed by atoms with Gasteiger partial charge in [-0.1, -0.05) is 11.4 Å². The number of carbonyl (C=O) groups is 1. The lowest BCUT2D eigenvalue weighted by molar-refractivity contribution is -0.147. The largest absolute Gasteiger partial charge is 0.309 e. The molecule has 70 valence electrons. The zero-order valence-corrected chi connectivity index (χ0v) is 7.51. The lowest BCUT2D eigenvalue weighted by Crippen LogP contribution is -2.40. The number of hydrogen-bond donors (Lipinski definition) is 1. The highest BCUT2D eigenvalue weighted by atomic mass is 19.2. The molecule has 1 amide bonds. The second-order valence-corrected chi connectivity index (χ2v) is 3.39. The van der Waals surface area contributed by atoms with E-state index in [4.69, 9.17) is 0 Å². The maximum Gasteiger partial charge on any atom is 0.267 e. The van der Waals surface area contributed by atoms with Crippen molar-refractivity contribution in [3.05, 3.63) is 0 Å². The van der Waals surface area contributed by atoms with Gasteiger partial charge in [-0.05, 0) is 25.8 Å². The fraction of sp³-hybridized carbons (Fsp3) is 0.875. The summed E-state index contributed by atoms with van der Waals surface area (Å²) < 4.78 is 12.9. The van der Waals surface area contributed by atoms with Gasteiger partial charge in [0.05, 0.1) is 12.6 Å². The standard InChI is InChI=1S/C8H15FN2O/c1-6-3-4-11(9)8(12)7(5-6)10-2/h6-7,10H,3-5H2,1-2H3/t6-,7-/m0/s1. The van der Waals surface area contributed by atoms with Crippen LogP contribution in [0.2, 0.25) is 0 Å². The molecule has 0 unspecified atom stereocenters. The molecule has 1 rings (SSSR count). The number of carbonyl (C=O) groups excluding carboxylic acids is 1. The highest BCUT2D eigenvalue weighted by Gasteiger charge is 2.28. The van der Waals surface area contributed by atoms with Crippen molar-refractivity contribution >= 4 is 5.91 Å². The molecular weight excluding hydrogens is 159 g/mol. The molecule has 0 saturated carbocycles. The van der Waals surface area contributed by atoms with E-state index in [0.717, 1.165) is 12.8 Å². The third-order valence-electron chi connectivity index (χ3n) is 2.34. The number of halogens is 1. The summed E-state index contributed by atoms with van der Waals surface area (Å²) in [5, 5.41) is 3.15. The van der Waals surface area contributed by atoms with Gasteiger partial charge < -0.3 is 5.32 Å². The van der Waals surface area contributed by atoms with Crippen molar-refractivity contribution in [1.29, 1.82) is 0 Å². The molecule has 0 radical (unpaired) electrons. The van der Waals surface area contributed by atoms with E-state index < -0.39 is 5.91 Å². The van der Waals surface area contributed by atoms with Crippen molar-refractivity contribution in [3.8, 4) is 0 Å². The smallest absolute Gasteiger partial charge is 0.267 e. The van der Waals surface area contributed by atoms with Gasteiger partial charge in [-0.3, -0.25) is 4.79 Å². The Bertz CT molecular complexity index is 174. The maximum atomic E-state index is 12.9. The van der Waals surface area contributed by atoms with Crippen LogP contribution in [0.5, 0.6) is 0 Å². The van der Waals surface area contributed by atoms with Crippen LogP contribution in [0.15, 0.2) is 0 Å². The maximum absolute atomic E-state index is 12.9. The zero-order chi connectivity index (χ0) is 9.14. The summed E-state index contributed by atoms with van der Waals surface area (Å²) in [6, 6.07) is -0.340. The quantitative estimate of drug-likeness (QED) is 0.594. The third kappa shape index (κ3) is 1.94. The van der Waals surface area contributed by atoms with Gasteiger partial charge in [0.1, 0.15) is 0 Å². The molecule has 12 heavy (non-hydrogen) atoms. The summed E-state index contributed by atoms with van der Waals surface area (Å²) in [6.45, 7) is 2.27. The van der Waals surface area contributed by atoms with Gasteiger partial charge in [0.15, 0.2) is 0 Å². The van der Waals surface area contributed by atoms with Crippen LogP contribution in [-0.4, -0.2) is 30.7 Å². The summed E-state index contributed by atoms with van der Waals surface area (Å²) in [4.78, 5) is 11.2. The molecule has 0 aromatic carbocycles. The number of hydrogen-bond acceptors (Lipinski definition) is 2. The lowest BCUT2D eigenvalue weighted by atomic mass is 10.0. The molecule has 1 N–H and O–H groups in total. The van der Waals surface area contributed by atoms with Gasteiger partial charge in [-0.25, -0.2) is 0 Å². The Morgan fingerprint density at radius 1 is 1.67 bits per heavy atom. The highest BCUT2D eigenvalue weighted by Crippen LogP contribution is 2.17. The van der Waals surface area contributed by atoms with E-state index in [9.17, 15) is 9.28 Å². The third-order valence-corrected chi connectivity index (χ3v) is 2.34. The van der Waals surface area contributed by atoms with E-state index in [1.165, 1.54) is 0 Å². The van der Waals surface area contributed by atoms with Crippen LogP contribution in [0.3, 0.4) is 0 Å². The Balaban J connectivity index is 2.64. The summed E-state index contributed by atoms with van der Waals surface area (Å²) in [6.07, 6.45) is 1.48. The first-order chi connectivity index (χ1) is 5.65. The van der Waals surface area contributed by atoms with Crippen molar-refractivity contribution in [2.45, 2.75) is 25.8 Å². The minimum absolute atomic E-state index is 0.234. The van der Waals surface area contributed by atoms with Gasteiger partial charge in [-0.2, -0.15) is 5.12 Å². The van der Waals surface area contributed by atoms with Crippen molar-refractivity contribution in [2.24, 2.45) is 5.92 Å². The average molecular weight is 174 g/mol. The van der Waals surface area contributed by atoms with Crippen LogP contribution < -0.4 is 5.32 Å². The van der Waals surface area contributed by atoms with Crippen LogP contribution in [0.25, 0.3) is 0 Å². The number of rotatable bonds is 1. The summed E-state index contributed by atoms with van der Waals surface area (Å²) >= 11 is 0. The van der Waals surface area contributed by atoms with Crippen molar-refractivity contribution < 1.29 is 9.28 Å². The van der Waals surface area contributed by atoms with Gasteiger partial charge in [0, 0.05) is 0 Å². The van der Waals surface area contributed by atoms with Gasteiger partial charge in [0.2, 0.25) is 0 Å². The molecule has 0 bridgehead atoms. The van der Waals surface area contributed by atoms with Crippen molar-refractivity contribution in [1.82, 2.24) is 10.4 Å². The van der Waals surface area contributed by atoms with Crippen molar-refractivity contribution in [3.63, 3.8) is 0 Å². The SMILES string of the molecule is CN[C@H]1C[C@@H](C)CCN(F)C1=O. The van der Waals surface area contributed by atoms with Crippen LogP contribution in [0.1, 0.15) is 19.8 Å². The lowest BCUT2D eigenvalue weighted by Gasteiger charge is -2.15. The Hall–Kier alpha value is -0.640. The second kappa shape index (κ2) is 3.85. The molecule has 2 atom stereocenters. The Labute approximate surface area is 71.9 Å². The predicted molar refractivity (Wildman–Crippen MR) is 44.1 cm³/mol. The fourth-order valence-electron chi connectivity index (χ4n) is 1.48. The summed E-state index contributed by atoms with van der Waals surface area (Å²) in [7, 11) is 1.69. The Morgan fingerprint density at radius 2 is 2.33 bits per heavy atom. The number of nitrogens with zero attached hydrogens (tertiary/aromatic N) is 1. The number of amides is 1. The first-order valence-corrected chi connectivity index (χ1v) is 4.29. The van der Waals surface area contributed by atoms with E-state index in [0.29, 0.717) is 11.0 Å². The topological polar surface area (TPSA) is 32.3 Å². The minimum atomic E-state index is -0.429. The molecule has 0 aliphatic carbocycles. The molecule has 1 saturated heterocycles. The van der Waals surface area contributed by atoms with Crippen LogP contribution >= 0.6 is 0 Å². The molecule has 4 heteroatoms. The van der Waals surface area contributed by atoms with E-state index in [-0.39, 0.29) is 12.6 Å². The molecule has 3 nitrogen and oxygen atoms in total. The van der Waals surface area contributed by atoms with E-state index in [1.54, 1.807) is 7.05 Å². The first kappa shape index (κ1) is 9.45. The molecule has 1 fully saturated rings. The summed E-state index contributed by atoms with van der Waals surface area (Å²) in [5.41, 5.74) is 0. The van der Waals surface area contributed by atoms with Gasteiger partial charge in [0.25, 0.3) is 5.91 Å². The van der Waals surface area contributed by atoms with E-state index >= 15 is 0 Å². The molecular formula is C8H15FN2O. The van der Waals surface area contributed by atoms with Gasteiger partial charge >= 0.3 is 0 Å². The monoisotopic (exact) mass is 174 g/mol. The molecule has 1 heterocycles. The minimum Gasteiger partial charge on any atom is -0.309 e. The molecule has 0 spiro atoms. The number of nitrogens with one attached hydrogen (secondary N) is 1. The Morgan fingerprint density at radius 3 is 2.92 bits per heavy atom. The number of likely N-dealkylation sites (N-methyl/N-ethyl adjacent to an activating group) is 1. The average Bonchev–Trinajstić information content (AvgIpc) is 2.18. The molecule has 1 aliphatic rings. The Kier molecular flexibility index (Phi) is 3.03. The predicted octanol–water partition coefficient (Wildman–Crippen LogP) is 0.717. The second-order valence-electron chi connectivity index (χ2n) is 3.39. The zero-order valence-electron chi connectivity index (χ0n) is 7.51. The van der Waals surface area contributed by atoms with E-state index in [1.807, 2.05) is 6.92 Å². The van der Waals surface area contributed by atoms with Crippen LogP contribution in [-0.2, 0) is 4.79 Å². The van der Waals surface area contributed by atoms with Crippen LogP contribution in [0, 0.1) is 5.92 Å². The first-order valence-electron chi connectivity index (χ1n) is 4.29. The highest BCUT2D eigenvalue weighted by molar-refractivity contribution is 5.81. The van der Waals surface area contributed by atoms with Crippen LogP contribution in [0.4, 0.5) is 4.48 Å². The van der Waals surface area contributed by atoms with Gasteiger partial charge in [-0.15, -0.1) is 0 Å². The molecule has 0 aromatic rings. The van der Waals surface area contributed by atoms with E-state index in [2.05, 4.69) is 5.32 Å². The van der Waals surface area contributed by atoms with Crippen molar-refractivity contribution in [2.75, 3.05) is 13.6 Å². The molecule has 1 aliphatic heterocycles. The summed E-state index contributed by atoms with van der Waals surface area (Å²) in [5.74, 6) is -0.0194. The molecule has 0 aromatic heterocycles.